The zero-order valence-corrected chi connectivity index (χ0v) is 13.0. The van der Waals surface area contributed by atoms with E-state index in [1.165, 1.54) is 18.4 Å². The minimum atomic E-state index is 0.0353. The Bertz CT molecular complexity index is 579. The largest absolute Gasteiger partial charge is 0.493 e. The first-order chi connectivity index (χ1) is 10.9. The molecule has 3 rings (SSSR count). The van der Waals surface area contributed by atoms with Gasteiger partial charge in [0.05, 0.1) is 7.11 Å². The molecule has 1 aliphatic heterocycles. The molecule has 3 nitrogen and oxygen atoms in total. The van der Waals surface area contributed by atoms with Gasteiger partial charge in [0.1, 0.15) is 6.10 Å². The molecule has 22 heavy (non-hydrogen) atoms. The summed E-state index contributed by atoms with van der Waals surface area (Å²) in [5, 5.41) is 3.56. The van der Waals surface area contributed by atoms with Gasteiger partial charge in [0.25, 0.3) is 0 Å². The molecule has 1 heterocycles. The molecule has 2 aromatic carbocycles. The second kappa shape index (κ2) is 7.32. The van der Waals surface area contributed by atoms with E-state index in [1.807, 2.05) is 30.3 Å². The van der Waals surface area contributed by atoms with E-state index in [0.717, 1.165) is 24.5 Å². The predicted octanol–water partition coefficient (Wildman–Crippen LogP) is 3.96. The summed E-state index contributed by atoms with van der Waals surface area (Å²) < 4.78 is 11.7. The Morgan fingerprint density at radius 1 is 1.05 bits per heavy atom. The van der Waals surface area contributed by atoms with E-state index in [-0.39, 0.29) is 6.10 Å². The summed E-state index contributed by atoms with van der Waals surface area (Å²) in [4.78, 5) is 0. The van der Waals surface area contributed by atoms with Gasteiger partial charge in [0, 0.05) is 12.5 Å². The molecule has 1 fully saturated rings. The number of benzene rings is 2. The molecule has 1 saturated heterocycles. The van der Waals surface area contributed by atoms with Crippen LogP contribution in [-0.4, -0.2) is 19.7 Å². The summed E-state index contributed by atoms with van der Waals surface area (Å²) in [6.07, 6.45) is 3.48. The van der Waals surface area contributed by atoms with Gasteiger partial charge in [-0.15, -0.1) is 0 Å². The fraction of sp³-hybridized carbons (Fsp3) is 0.368. The van der Waals surface area contributed by atoms with E-state index in [0.29, 0.717) is 6.04 Å². The van der Waals surface area contributed by atoms with Crippen LogP contribution in [0.2, 0.25) is 0 Å². The Hall–Kier alpha value is -2.00. The Balaban J connectivity index is 1.81. The first kappa shape index (κ1) is 14.9. The highest BCUT2D eigenvalue weighted by atomic mass is 16.5. The number of hydrogen-bond donors (Lipinski definition) is 1. The van der Waals surface area contributed by atoms with E-state index in [2.05, 4.69) is 29.6 Å². The molecule has 2 unspecified atom stereocenters. The molecular formula is C19H23NO2. The molecule has 2 aromatic rings. The lowest BCUT2D eigenvalue weighted by Gasteiger charge is -2.23. The SMILES string of the molecule is COc1ccccc1OC(CC1CCCN1)c1ccccc1. The van der Waals surface area contributed by atoms with E-state index in [4.69, 9.17) is 9.47 Å². The molecule has 116 valence electrons. The van der Waals surface area contributed by atoms with Crippen molar-refractivity contribution in [2.24, 2.45) is 0 Å². The minimum Gasteiger partial charge on any atom is -0.493 e. The van der Waals surface area contributed by atoms with Gasteiger partial charge in [-0.25, -0.2) is 0 Å². The molecule has 0 amide bonds. The van der Waals surface area contributed by atoms with Crippen molar-refractivity contribution in [1.29, 1.82) is 0 Å². The number of hydrogen-bond acceptors (Lipinski definition) is 3. The molecule has 1 aliphatic rings. The van der Waals surface area contributed by atoms with Gasteiger partial charge in [-0.2, -0.15) is 0 Å². The minimum absolute atomic E-state index is 0.0353. The van der Waals surface area contributed by atoms with Crippen molar-refractivity contribution in [3.63, 3.8) is 0 Å². The number of ether oxygens (including phenoxy) is 2. The molecule has 0 saturated carbocycles. The quantitative estimate of drug-likeness (QED) is 0.875. The first-order valence-electron chi connectivity index (χ1n) is 7.95. The summed E-state index contributed by atoms with van der Waals surface area (Å²) in [5.74, 6) is 1.58. The summed E-state index contributed by atoms with van der Waals surface area (Å²) in [6.45, 7) is 1.11. The summed E-state index contributed by atoms with van der Waals surface area (Å²) in [6, 6.07) is 18.8. The molecule has 2 atom stereocenters. The van der Waals surface area contributed by atoms with E-state index in [1.54, 1.807) is 7.11 Å². The highest BCUT2D eigenvalue weighted by Crippen LogP contribution is 2.33. The van der Waals surface area contributed by atoms with Crippen LogP contribution in [0.4, 0.5) is 0 Å². The van der Waals surface area contributed by atoms with Crippen LogP contribution in [-0.2, 0) is 0 Å². The molecule has 0 radical (unpaired) electrons. The highest BCUT2D eigenvalue weighted by Gasteiger charge is 2.23. The molecule has 0 bridgehead atoms. The third-order valence-corrected chi connectivity index (χ3v) is 4.17. The van der Waals surface area contributed by atoms with E-state index < -0.39 is 0 Å². The maximum atomic E-state index is 6.32. The molecular weight excluding hydrogens is 274 g/mol. The smallest absolute Gasteiger partial charge is 0.162 e. The van der Waals surface area contributed by atoms with E-state index in [9.17, 15) is 0 Å². The van der Waals surface area contributed by atoms with Crippen LogP contribution in [0.25, 0.3) is 0 Å². The standard InChI is InChI=1S/C19H23NO2/c1-21-17-11-5-6-12-18(17)22-19(14-16-10-7-13-20-16)15-8-3-2-4-9-15/h2-6,8-9,11-12,16,19-20H,7,10,13-14H2,1H3. The van der Waals surface area contributed by atoms with Crippen molar-refractivity contribution in [1.82, 2.24) is 5.32 Å². The summed E-state index contributed by atoms with van der Waals surface area (Å²) in [5.41, 5.74) is 1.21. The maximum Gasteiger partial charge on any atom is 0.162 e. The van der Waals surface area contributed by atoms with Crippen LogP contribution < -0.4 is 14.8 Å². The average Bonchev–Trinajstić information content (AvgIpc) is 3.08. The van der Waals surface area contributed by atoms with Crippen LogP contribution in [0.3, 0.4) is 0 Å². The van der Waals surface area contributed by atoms with Crippen LogP contribution in [0, 0.1) is 0 Å². The first-order valence-corrected chi connectivity index (χ1v) is 7.95. The molecule has 0 aliphatic carbocycles. The topological polar surface area (TPSA) is 30.5 Å². The maximum absolute atomic E-state index is 6.32. The van der Waals surface area contributed by atoms with Crippen molar-refractivity contribution >= 4 is 0 Å². The van der Waals surface area contributed by atoms with Gasteiger partial charge < -0.3 is 14.8 Å². The van der Waals surface area contributed by atoms with Gasteiger partial charge in [0.15, 0.2) is 11.5 Å². The number of nitrogens with one attached hydrogen (secondary N) is 1. The zero-order valence-electron chi connectivity index (χ0n) is 13.0. The Kier molecular flexibility index (Phi) is 4.96. The van der Waals surface area contributed by atoms with E-state index >= 15 is 0 Å². The molecule has 3 heteroatoms. The molecule has 0 spiro atoms. The van der Waals surface area contributed by atoms with Gasteiger partial charge in [-0.05, 0) is 37.1 Å². The van der Waals surface area contributed by atoms with Crippen LogP contribution in [0.15, 0.2) is 54.6 Å². The summed E-state index contributed by atoms with van der Waals surface area (Å²) >= 11 is 0. The van der Waals surface area contributed by atoms with Crippen molar-refractivity contribution in [2.75, 3.05) is 13.7 Å². The van der Waals surface area contributed by atoms with Crippen molar-refractivity contribution < 1.29 is 9.47 Å². The Morgan fingerprint density at radius 2 is 1.77 bits per heavy atom. The lowest BCUT2D eigenvalue weighted by Crippen LogP contribution is -2.25. The van der Waals surface area contributed by atoms with Gasteiger partial charge in [0.2, 0.25) is 0 Å². The normalized spacial score (nSPS) is 18.9. The highest BCUT2D eigenvalue weighted by molar-refractivity contribution is 5.40. The Morgan fingerprint density at radius 3 is 2.45 bits per heavy atom. The average molecular weight is 297 g/mol. The zero-order chi connectivity index (χ0) is 15.2. The van der Waals surface area contributed by atoms with Gasteiger partial charge >= 0.3 is 0 Å². The van der Waals surface area contributed by atoms with Crippen molar-refractivity contribution in [3.8, 4) is 11.5 Å². The number of rotatable bonds is 6. The third-order valence-electron chi connectivity index (χ3n) is 4.17. The number of methoxy groups -OCH3 is 1. The monoisotopic (exact) mass is 297 g/mol. The van der Waals surface area contributed by atoms with Gasteiger partial charge in [-0.1, -0.05) is 42.5 Å². The van der Waals surface area contributed by atoms with Crippen molar-refractivity contribution in [2.45, 2.75) is 31.4 Å². The van der Waals surface area contributed by atoms with Crippen molar-refractivity contribution in [3.05, 3.63) is 60.2 Å². The van der Waals surface area contributed by atoms with Gasteiger partial charge in [-0.3, -0.25) is 0 Å². The predicted molar refractivity (Wildman–Crippen MR) is 88.4 cm³/mol. The van der Waals surface area contributed by atoms with Crippen LogP contribution >= 0.6 is 0 Å². The fourth-order valence-corrected chi connectivity index (χ4v) is 3.01. The second-order valence-electron chi connectivity index (χ2n) is 5.70. The second-order valence-corrected chi connectivity index (χ2v) is 5.70. The third kappa shape index (κ3) is 3.60. The summed E-state index contributed by atoms with van der Waals surface area (Å²) in [7, 11) is 1.68. The number of para-hydroxylation sites is 2. The lowest BCUT2D eigenvalue weighted by atomic mass is 10.0. The van der Waals surface area contributed by atoms with Crippen LogP contribution in [0.1, 0.15) is 30.9 Å². The molecule has 1 N–H and O–H groups in total. The lowest BCUT2D eigenvalue weighted by molar-refractivity contribution is 0.174. The molecule has 0 aromatic heterocycles. The Labute approximate surface area is 132 Å². The fourth-order valence-electron chi connectivity index (χ4n) is 3.01. The van der Waals surface area contributed by atoms with Crippen LogP contribution in [0.5, 0.6) is 11.5 Å².